The summed E-state index contributed by atoms with van der Waals surface area (Å²) < 4.78 is 0. The van der Waals surface area contributed by atoms with Gasteiger partial charge in [0, 0.05) is 5.56 Å². The SMILES string of the molecule is C.CCC(NC)C(=O)c1ccccc1. The van der Waals surface area contributed by atoms with Crippen LogP contribution < -0.4 is 5.32 Å². The molecular weight excluding hydrogens is 174 g/mol. The van der Waals surface area contributed by atoms with Crippen molar-refractivity contribution in [2.75, 3.05) is 7.05 Å². The van der Waals surface area contributed by atoms with Crippen LogP contribution in [0, 0.1) is 0 Å². The lowest BCUT2D eigenvalue weighted by Gasteiger charge is -2.11. The summed E-state index contributed by atoms with van der Waals surface area (Å²) in [6.45, 7) is 2.00. The maximum absolute atomic E-state index is 11.7. The molecule has 0 fully saturated rings. The first-order chi connectivity index (χ1) is 6.29. The molecule has 0 aromatic heterocycles. The van der Waals surface area contributed by atoms with Crippen molar-refractivity contribution in [2.45, 2.75) is 26.8 Å². The molecule has 1 aromatic rings. The topological polar surface area (TPSA) is 29.1 Å². The second-order valence-corrected chi connectivity index (χ2v) is 2.98. The van der Waals surface area contributed by atoms with Crippen molar-refractivity contribution >= 4 is 5.78 Å². The molecule has 0 aliphatic heterocycles. The molecule has 2 nitrogen and oxygen atoms in total. The van der Waals surface area contributed by atoms with Crippen molar-refractivity contribution in [3.8, 4) is 0 Å². The Balaban J connectivity index is 0.00000169. The van der Waals surface area contributed by atoms with Gasteiger partial charge in [0.1, 0.15) is 0 Å². The van der Waals surface area contributed by atoms with Crippen molar-refractivity contribution in [2.24, 2.45) is 0 Å². The number of carbonyl (C=O) groups excluding carboxylic acids is 1. The fraction of sp³-hybridized carbons (Fsp3) is 0.417. The summed E-state index contributed by atoms with van der Waals surface area (Å²) >= 11 is 0. The number of ketones is 1. The number of carbonyl (C=O) groups is 1. The molecule has 78 valence electrons. The quantitative estimate of drug-likeness (QED) is 0.744. The molecular formula is C12H19NO. The van der Waals surface area contributed by atoms with Gasteiger partial charge in [-0.25, -0.2) is 0 Å². The summed E-state index contributed by atoms with van der Waals surface area (Å²) in [5.41, 5.74) is 0.781. The summed E-state index contributed by atoms with van der Waals surface area (Å²) in [5, 5.41) is 3.00. The van der Waals surface area contributed by atoms with Crippen LogP contribution in [0.5, 0.6) is 0 Å². The molecule has 0 bridgehead atoms. The fourth-order valence-electron chi connectivity index (χ4n) is 1.32. The van der Waals surface area contributed by atoms with Crippen LogP contribution in [0.4, 0.5) is 0 Å². The van der Waals surface area contributed by atoms with E-state index >= 15 is 0 Å². The van der Waals surface area contributed by atoms with Crippen molar-refractivity contribution < 1.29 is 4.79 Å². The predicted molar refractivity (Wildman–Crippen MR) is 60.6 cm³/mol. The molecule has 2 heteroatoms. The Kier molecular flexibility index (Phi) is 5.81. The molecule has 1 aromatic carbocycles. The van der Waals surface area contributed by atoms with Crippen molar-refractivity contribution in [3.05, 3.63) is 35.9 Å². The van der Waals surface area contributed by atoms with E-state index in [1.807, 2.05) is 44.3 Å². The first-order valence-electron chi connectivity index (χ1n) is 4.56. The second-order valence-electron chi connectivity index (χ2n) is 2.98. The number of benzene rings is 1. The van der Waals surface area contributed by atoms with Gasteiger partial charge in [0.05, 0.1) is 6.04 Å². The maximum atomic E-state index is 11.7. The largest absolute Gasteiger partial charge is 0.310 e. The van der Waals surface area contributed by atoms with Gasteiger partial charge in [0.2, 0.25) is 0 Å². The van der Waals surface area contributed by atoms with E-state index in [0.717, 1.165) is 12.0 Å². The van der Waals surface area contributed by atoms with Gasteiger partial charge in [-0.2, -0.15) is 0 Å². The predicted octanol–water partition coefficient (Wildman–Crippen LogP) is 2.50. The number of Topliss-reactive ketones (excluding diaryl/α,β-unsaturated/α-hetero) is 1. The number of rotatable bonds is 4. The van der Waals surface area contributed by atoms with Crippen LogP contribution in [-0.4, -0.2) is 18.9 Å². The minimum Gasteiger partial charge on any atom is -0.310 e. The normalized spacial score (nSPS) is 11.6. The standard InChI is InChI=1S/C11H15NO.CH4/c1-3-10(12-2)11(13)9-7-5-4-6-8-9;/h4-8,10,12H,3H2,1-2H3;1H4. The molecule has 0 radical (unpaired) electrons. The van der Waals surface area contributed by atoms with Gasteiger partial charge < -0.3 is 5.32 Å². The summed E-state index contributed by atoms with van der Waals surface area (Å²) in [7, 11) is 1.81. The zero-order valence-corrected chi connectivity index (χ0v) is 8.08. The Bertz CT molecular complexity index is 265. The monoisotopic (exact) mass is 193 g/mol. The van der Waals surface area contributed by atoms with Gasteiger partial charge in [-0.1, -0.05) is 44.7 Å². The van der Waals surface area contributed by atoms with Gasteiger partial charge in [0.25, 0.3) is 0 Å². The van der Waals surface area contributed by atoms with Crippen LogP contribution in [-0.2, 0) is 0 Å². The molecule has 1 N–H and O–H groups in total. The molecule has 0 saturated heterocycles. The van der Waals surface area contributed by atoms with Gasteiger partial charge >= 0.3 is 0 Å². The Labute approximate surface area is 86.3 Å². The van der Waals surface area contributed by atoms with E-state index in [9.17, 15) is 4.79 Å². The Morgan fingerprint density at radius 3 is 2.36 bits per heavy atom. The van der Waals surface area contributed by atoms with E-state index < -0.39 is 0 Å². The molecule has 0 amide bonds. The zero-order valence-electron chi connectivity index (χ0n) is 8.08. The van der Waals surface area contributed by atoms with Gasteiger partial charge in [-0.3, -0.25) is 4.79 Å². The highest BCUT2D eigenvalue weighted by Crippen LogP contribution is 2.05. The van der Waals surface area contributed by atoms with Gasteiger partial charge in [0.15, 0.2) is 5.78 Å². The highest BCUT2D eigenvalue weighted by atomic mass is 16.1. The number of nitrogens with one attached hydrogen (secondary N) is 1. The zero-order chi connectivity index (χ0) is 9.68. The third-order valence-corrected chi connectivity index (χ3v) is 2.13. The van der Waals surface area contributed by atoms with E-state index in [-0.39, 0.29) is 19.3 Å². The first kappa shape index (κ1) is 12.8. The van der Waals surface area contributed by atoms with E-state index in [1.54, 1.807) is 0 Å². The molecule has 0 heterocycles. The molecule has 1 rings (SSSR count). The highest BCUT2D eigenvalue weighted by Gasteiger charge is 2.14. The molecule has 0 spiro atoms. The van der Waals surface area contributed by atoms with Gasteiger partial charge in [-0.15, -0.1) is 0 Å². The van der Waals surface area contributed by atoms with E-state index in [2.05, 4.69) is 5.32 Å². The van der Waals surface area contributed by atoms with Crippen LogP contribution in [0.1, 0.15) is 31.1 Å². The van der Waals surface area contributed by atoms with Crippen LogP contribution >= 0.6 is 0 Å². The highest BCUT2D eigenvalue weighted by molar-refractivity contribution is 5.99. The summed E-state index contributed by atoms with van der Waals surface area (Å²) in [6, 6.07) is 9.33. The average molecular weight is 193 g/mol. The number of likely N-dealkylation sites (N-methyl/N-ethyl adjacent to an activating group) is 1. The van der Waals surface area contributed by atoms with Crippen molar-refractivity contribution in [1.29, 1.82) is 0 Å². The third kappa shape index (κ3) is 2.96. The van der Waals surface area contributed by atoms with Crippen LogP contribution in [0.25, 0.3) is 0 Å². The first-order valence-corrected chi connectivity index (χ1v) is 4.56. The Morgan fingerprint density at radius 2 is 1.93 bits per heavy atom. The van der Waals surface area contributed by atoms with Crippen LogP contribution in [0.15, 0.2) is 30.3 Å². The minimum absolute atomic E-state index is 0. The molecule has 1 unspecified atom stereocenters. The lowest BCUT2D eigenvalue weighted by molar-refractivity contribution is 0.0945. The Hall–Kier alpha value is -1.15. The third-order valence-electron chi connectivity index (χ3n) is 2.13. The molecule has 0 saturated carbocycles. The lowest BCUT2D eigenvalue weighted by atomic mass is 10.0. The van der Waals surface area contributed by atoms with E-state index in [1.165, 1.54) is 0 Å². The fourth-order valence-corrected chi connectivity index (χ4v) is 1.32. The van der Waals surface area contributed by atoms with Crippen molar-refractivity contribution in [3.63, 3.8) is 0 Å². The molecule has 0 aliphatic carbocycles. The smallest absolute Gasteiger partial charge is 0.179 e. The lowest BCUT2D eigenvalue weighted by Crippen LogP contribution is -2.33. The summed E-state index contributed by atoms with van der Waals surface area (Å²) in [5.74, 6) is 0.172. The van der Waals surface area contributed by atoms with Crippen LogP contribution in [0.3, 0.4) is 0 Å². The molecule has 1 atom stereocenters. The Morgan fingerprint density at radius 1 is 1.36 bits per heavy atom. The van der Waals surface area contributed by atoms with E-state index in [4.69, 9.17) is 0 Å². The number of hydrogen-bond acceptors (Lipinski definition) is 2. The molecule has 0 aliphatic rings. The summed E-state index contributed by atoms with van der Waals surface area (Å²) in [4.78, 5) is 11.7. The maximum Gasteiger partial charge on any atom is 0.179 e. The van der Waals surface area contributed by atoms with Crippen molar-refractivity contribution in [1.82, 2.24) is 5.32 Å². The van der Waals surface area contributed by atoms with E-state index in [0.29, 0.717) is 0 Å². The van der Waals surface area contributed by atoms with Gasteiger partial charge in [-0.05, 0) is 13.5 Å². The summed E-state index contributed by atoms with van der Waals surface area (Å²) in [6.07, 6.45) is 0.824. The second kappa shape index (κ2) is 6.33. The average Bonchev–Trinajstić information content (AvgIpc) is 2.21. The van der Waals surface area contributed by atoms with Crippen LogP contribution in [0.2, 0.25) is 0 Å². The number of hydrogen-bond donors (Lipinski definition) is 1. The minimum atomic E-state index is -0.0533. The molecule has 14 heavy (non-hydrogen) atoms.